The Labute approximate surface area is 175 Å². The molecule has 1 aromatic heterocycles. The lowest BCUT2D eigenvalue weighted by Gasteiger charge is -2.25. The van der Waals surface area contributed by atoms with Gasteiger partial charge in [-0.2, -0.15) is 0 Å². The van der Waals surface area contributed by atoms with Gasteiger partial charge in [-0.05, 0) is 49.4 Å². The molecule has 1 atom stereocenters. The lowest BCUT2D eigenvalue weighted by Crippen LogP contribution is -2.18. The number of aliphatic carboxylic acids is 1. The van der Waals surface area contributed by atoms with Crippen LogP contribution in [0.4, 0.5) is 4.39 Å². The Morgan fingerprint density at radius 1 is 1.23 bits per heavy atom. The SMILES string of the molecule is Cc1ccc(Cn2c3c(c4cc(F)cc(S(C)(=O)=O)c42)CCC[C@@H]3CC(=O)O)cc1. The molecule has 7 heteroatoms. The molecule has 1 heterocycles. The van der Waals surface area contributed by atoms with E-state index in [1.165, 1.54) is 6.07 Å². The molecule has 0 aliphatic heterocycles. The fourth-order valence-corrected chi connectivity index (χ4v) is 5.53. The minimum Gasteiger partial charge on any atom is -0.481 e. The first kappa shape index (κ1) is 20.6. The summed E-state index contributed by atoms with van der Waals surface area (Å²) in [5.74, 6) is -1.73. The third-order valence-corrected chi connectivity index (χ3v) is 6.99. The zero-order chi connectivity index (χ0) is 21.6. The Bertz CT molecular complexity index is 1240. The van der Waals surface area contributed by atoms with Gasteiger partial charge in [0.1, 0.15) is 5.82 Å². The van der Waals surface area contributed by atoms with Gasteiger partial charge in [0.25, 0.3) is 0 Å². The molecule has 2 aromatic carbocycles. The number of aromatic nitrogens is 1. The molecule has 3 aromatic rings. The molecule has 0 saturated carbocycles. The van der Waals surface area contributed by atoms with E-state index >= 15 is 0 Å². The Morgan fingerprint density at radius 3 is 2.57 bits per heavy atom. The summed E-state index contributed by atoms with van der Waals surface area (Å²) in [5, 5.41) is 10.0. The molecule has 1 aliphatic rings. The number of rotatable bonds is 5. The zero-order valence-corrected chi connectivity index (χ0v) is 17.8. The van der Waals surface area contributed by atoms with Gasteiger partial charge in [-0.15, -0.1) is 0 Å². The van der Waals surface area contributed by atoms with Crippen molar-refractivity contribution in [3.05, 3.63) is 64.6 Å². The average Bonchev–Trinajstić information content (AvgIpc) is 2.96. The monoisotopic (exact) mass is 429 g/mol. The summed E-state index contributed by atoms with van der Waals surface area (Å²) >= 11 is 0. The van der Waals surface area contributed by atoms with Crippen LogP contribution in [0.25, 0.3) is 10.9 Å². The topological polar surface area (TPSA) is 76.4 Å². The van der Waals surface area contributed by atoms with Crippen LogP contribution in [-0.4, -0.2) is 30.3 Å². The maximum absolute atomic E-state index is 14.4. The molecular formula is C23H24FNO4S. The standard InChI is InChI=1S/C23H24FNO4S/c1-14-6-8-15(9-7-14)13-25-22-16(10-21(26)27)4-3-5-18(22)19-11-17(24)12-20(23(19)25)30(2,28)29/h6-9,11-12,16H,3-5,10,13H2,1-2H3,(H,26,27)/t16-/m1/s1. The smallest absolute Gasteiger partial charge is 0.304 e. The first-order chi connectivity index (χ1) is 14.1. The highest BCUT2D eigenvalue weighted by Gasteiger charge is 2.31. The van der Waals surface area contributed by atoms with Crippen LogP contribution in [-0.2, 0) is 27.6 Å². The van der Waals surface area contributed by atoms with Crippen molar-refractivity contribution in [1.82, 2.24) is 4.57 Å². The van der Waals surface area contributed by atoms with Gasteiger partial charge in [-0.3, -0.25) is 4.79 Å². The maximum atomic E-state index is 14.4. The molecule has 0 fully saturated rings. The van der Waals surface area contributed by atoms with Gasteiger partial charge < -0.3 is 9.67 Å². The maximum Gasteiger partial charge on any atom is 0.304 e. The Kier molecular flexibility index (Phi) is 5.18. The second-order valence-electron chi connectivity index (χ2n) is 8.19. The third-order valence-electron chi connectivity index (χ3n) is 5.88. The van der Waals surface area contributed by atoms with E-state index in [0.29, 0.717) is 30.3 Å². The summed E-state index contributed by atoms with van der Waals surface area (Å²) in [7, 11) is -3.69. The molecular weight excluding hydrogens is 405 g/mol. The van der Waals surface area contributed by atoms with Gasteiger partial charge in [-0.25, -0.2) is 12.8 Å². The number of hydrogen-bond donors (Lipinski definition) is 1. The number of carboxylic acids is 1. The highest BCUT2D eigenvalue weighted by molar-refractivity contribution is 7.91. The van der Waals surface area contributed by atoms with Gasteiger partial charge in [0.15, 0.2) is 9.84 Å². The number of nitrogens with zero attached hydrogens (tertiary/aromatic N) is 1. The van der Waals surface area contributed by atoms with Crippen molar-refractivity contribution in [2.75, 3.05) is 6.26 Å². The van der Waals surface area contributed by atoms with E-state index in [1.807, 2.05) is 35.8 Å². The van der Waals surface area contributed by atoms with Crippen LogP contribution in [0, 0.1) is 12.7 Å². The van der Waals surface area contributed by atoms with E-state index in [-0.39, 0.29) is 17.2 Å². The molecule has 158 valence electrons. The van der Waals surface area contributed by atoms with Crippen molar-refractivity contribution >= 4 is 26.7 Å². The van der Waals surface area contributed by atoms with Gasteiger partial charge >= 0.3 is 5.97 Å². The summed E-state index contributed by atoms with van der Waals surface area (Å²) in [4.78, 5) is 11.5. The minimum absolute atomic E-state index is 0.0338. The molecule has 30 heavy (non-hydrogen) atoms. The Balaban J connectivity index is 2.05. The van der Waals surface area contributed by atoms with E-state index < -0.39 is 21.6 Å². The van der Waals surface area contributed by atoms with Gasteiger partial charge in [0, 0.05) is 29.8 Å². The van der Waals surface area contributed by atoms with Crippen molar-refractivity contribution < 1.29 is 22.7 Å². The van der Waals surface area contributed by atoms with E-state index in [1.54, 1.807) is 0 Å². The zero-order valence-electron chi connectivity index (χ0n) is 17.0. The number of halogens is 1. The van der Waals surface area contributed by atoms with Gasteiger partial charge in [0.2, 0.25) is 0 Å². The molecule has 0 unspecified atom stereocenters. The average molecular weight is 430 g/mol. The number of sulfone groups is 1. The molecule has 4 rings (SSSR count). The Hall–Kier alpha value is -2.67. The van der Waals surface area contributed by atoms with Crippen LogP contribution in [0.5, 0.6) is 0 Å². The highest BCUT2D eigenvalue weighted by atomic mass is 32.2. The molecule has 0 radical (unpaired) electrons. The number of aryl methyl sites for hydroxylation is 2. The minimum atomic E-state index is -3.69. The number of carboxylic acid groups (broad SMARTS) is 1. The van der Waals surface area contributed by atoms with Gasteiger partial charge in [0.05, 0.1) is 16.8 Å². The molecule has 0 bridgehead atoms. The molecule has 1 aliphatic carbocycles. The number of carbonyl (C=O) groups is 1. The van der Waals surface area contributed by atoms with Crippen LogP contribution in [0.3, 0.4) is 0 Å². The van der Waals surface area contributed by atoms with Crippen LogP contribution >= 0.6 is 0 Å². The molecule has 0 spiro atoms. The number of hydrogen-bond acceptors (Lipinski definition) is 3. The fraction of sp³-hybridized carbons (Fsp3) is 0.348. The quantitative estimate of drug-likeness (QED) is 0.651. The predicted molar refractivity (Wildman–Crippen MR) is 113 cm³/mol. The Morgan fingerprint density at radius 2 is 1.93 bits per heavy atom. The first-order valence-electron chi connectivity index (χ1n) is 9.97. The summed E-state index contributed by atoms with van der Waals surface area (Å²) < 4.78 is 41.4. The number of fused-ring (bicyclic) bond motifs is 3. The lowest BCUT2D eigenvalue weighted by molar-refractivity contribution is -0.137. The van der Waals surface area contributed by atoms with E-state index in [9.17, 15) is 22.7 Å². The van der Waals surface area contributed by atoms with Crippen LogP contribution in [0.1, 0.15) is 47.6 Å². The second kappa shape index (κ2) is 7.54. The van der Waals surface area contributed by atoms with Crippen LogP contribution in [0.2, 0.25) is 0 Å². The van der Waals surface area contributed by atoms with E-state index in [0.717, 1.165) is 41.1 Å². The van der Waals surface area contributed by atoms with E-state index in [2.05, 4.69) is 0 Å². The normalized spacial score (nSPS) is 16.6. The highest BCUT2D eigenvalue weighted by Crippen LogP contribution is 2.42. The second-order valence-corrected chi connectivity index (χ2v) is 10.2. The van der Waals surface area contributed by atoms with Crippen LogP contribution < -0.4 is 0 Å². The molecule has 1 N–H and O–H groups in total. The molecule has 5 nitrogen and oxygen atoms in total. The van der Waals surface area contributed by atoms with Crippen molar-refractivity contribution in [3.63, 3.8) is 0 Å². The van der Waals surface area contributed by atoms with E-state index in [4.69, 9.17) is 0 Å². The summed E-state index contributed by atoms with van der Waals surface area (Å²) in [6.07, 6.45) is 3.22. The van der Waals surface area contributed by atoms with Crippen LogP contribution in [0.15, 0.2) is 41.3 Å². The largest absolute Gasteiger partial charge is 0.481 e. The number of benzene rings is 2. The lowest BCUT2D eigenvalue weighted by atomic mass is 9.84. The first-order valence-corrected chi connectivity index (χ1v) is 11.9. The molecule has 0 saturated heterocycles. The summed E-state index contributed by atoms with van der Waals surface area (Å²) in [6, 6.07) is 10.4. The van der Waals surface area contributed by atoms with Crippen molar-refractivity contribution in [3.8, 4) is 0 Å². The van der Waals surface area contributed by atoms with Crippen molar-refractivity contribution in [1.29, 1.82) is 0 Å². The predicted octanol–water partition coefficient (Wildman–Crippen LogP) is 4.44. The summed E-state index contributed by atoms with van der Waals surface area (Å²) in [6.45, 7) is 2.39. The third kappa shape index (κ3) is 3.74. The van der Waals surface area contributed by atoms with Crippen molar-refractivity contribution in [2.24, 2.45) is 0 Å². The van der Waals surface area contributed by atoms with Gasteiger partial charge in [-0.1, -0.05) is 29.8 Å². The summed E-state index contributed by atoms with van der Waals surface area (Å²) in [5.41, 5.74) is 4.26. The molecule has 0 amide bonds. The van der Waals surface area contributed by atoms with Crippen molar-refractivity contribution in [2.45, 2.75) is 50.0 Å². The fourth-order valence-electron chi connectivity index (χ4n) is 4.63.